The van der Waals surface area contributed by atoms with Crippen molar-refractivity contribution in [1.29, 1.82) is 0 Å². The molecule has 4 nitrogen and oxygen atoms in total. The van der Waals surface area contributed by atoms with Gasteiger partial charge in [-0.3, -0.25) is 0 Å². The molecule has 1 saturated carbocycles. The number of hydrogen-bond acceptors (Lipinski definition) is 4. The first-order valence-electron chi connectivity index (χ1n) is 7.05. The molecular formula is C15H18N2O2S2. The summed E-state index contributed by atoms with van der Waals surface area (Å²) in [5.41, 5.74) is 0.803. The van der Waals surface area contributed by atoms with Crippen molar-refractivity contribution in [3.63, 3.8) is 0 Å². The summed E-state index contributed by atoms with van der Waals surface area (Å²) >= 11 is 1.57. The Kier molecular flexibility index (Phi) is 4.10. The van der Waals surface area contributed by atoms with Gasteiger partial charge in [0.1, 0.15) is 0 Å². The highest BCUT2D eigenvalue weighted by atomic mass is 32.2. The highest BCUT2D eigenvalue weighted by Crippen LogP contribution is 2.33. The summed E-state index contributed by atoms with van der Waals surface area (Å²) < 4.78 is 27.5. The third-order valence-corrected chi connectivity index (χ3v) is 6.62. The topological polar surface area (TPSA) is 50.3 Å². The van der Waals surface area contributed by atoms with Crippen molar-refractivity contribution in [1.82, 2.24) is 9.29 Å². The first-order valence-corrected chi connectivity index (χ1v) is 9.37. The van der Waals surface area contributed by atoms with Gasteiger partial charge in [0.15, 0.2) is 0 Å². The number of aryl methyl sites for hydroxylation is 1. The van der Waals surface area contributed by atoms with Gasteiger partial charge in [0.05, 0.1) is 9.90 Å². The lowest BCUT2D eigenvalue weighted by Crippen LogP contribution is -2.35. The van der Waals surface area contributed by atoms with Gasteiger partial charge in [-0.15, -0.1) is 11.3 Å². The summed E-state index contributed by atoms with van der Waals surface area (Å²) in [5.74, 6) is 0. The Morgan fingerprint density at radius 3 is 2.71 bits per heavy atom. The molecular weight excluding hydrogens is 304 g/mol. The number of rotatable bonds is 6. The van der Waals surface area contributed by atoms with Gasteiger partial charge >= 0.3 is 0 Å². The minimum absolute atomic E-state index is 0.162. The Hall–Kier alpha value is -1.24. The van der Waals surface area contributed by atoms with Crippen LogP contribution in [0.3, 0.4) is 0 Å². The zero-order valence-electron chi connectivity index (χ0n) is 11.9. The number of hydrogen-bond donors (Lipinski definition) is 0. The SMILES string of the molecule is Cc1ccccc1S(=O)(=O)N(CCc1nccs1)C1CC1. The highest BCUT2D eigenvalue weighted by molar-refractivity contribution is 7.89. The predicted molar refractivity (Wildman–Crippen MR) is 83.9 cm³/mol. The van der Waals surface area contributed by atoms with E-state index in [1.807, 2.05) is 24.4 Å². The molecule has 0 spiro atoms. The summed E-state index contributed by atoms with van der Waals surface area (Å²) in [7, 11) is -3.41. The van der Waals surface area contributed by atoms with Crippen LogP contribution >= 0.6 is 11.3 Å². The normalized spacial score (nSPS) is 15.5. The van der Waals surface area contributed by atoms with Gasteiger partial charge in [-0.25, -0.2) is 13.4 Å². The first kappa shape index (κ1) is 14.7. The van der Waals surface area contributed by atoms with E-state index in [4.69, 9.17) is 0 Å². The van der Waals surface area contributed by atoms with Crippen LogP contribution in [-0.4, -0.2) is 30.3 Å². The van der Waals surface area contributed by atoms with Crippen LogP contribution < -0.4 is 0 Å². The van der Waals surface area contributed by atoms with Crippen LogP contribution in [0.2, 0.25) is 0 Å². The smallest absolute Gasteiger partial charge is 0.243 e. The molecule has 0 atom stereocenters. The number of nitrogens with zero attached hydrogens (tertiary/aromatic N) is 2. The number of thiazole rings is 1. The molecule has 1 aromatic heterocycles. The second-order valence-electron chi connectivity index (χ2n) is 5.29. The van der Waals surface area contributed by atoms with Gasteiger partial charge < -0.3 is 0 Å². The van der Waals surface area contributed by atoms with Crippen LogP contribution in [0.25, 0.3) is 0 Å². The van der Waals surface area contributed by atoms with Crippen molar-refractivity contribution in [2.45, 2.75) is 37.1 Å². The fraction of sp³-hybridized carbons (Fsp3) is 0.400. The minimum Gasteiger partial charge on any atom is -0.250 e. The van der Waals surface area contributed by atoms with Crippen LogP contribution in [0, 0.1) is 6.92 Å². The van der Waals surface area contributed by atoms with Gasteiger partial charge in [0.2, 0.25) is 10.0 Å². The standard InChI is InChI=1S/C15H18N2O2S2/c1-12-4-2-3-5-14(12)21(18,19)17(13-6-7-13)10-8-15-16-9-11-20-15/h2-5,9,11,13H,6-8,10H2,1H3. The molecule has 0 N–H and O–H groups in total. The molecule has 2 aromatic rings. The molecule has 0 aliphatic heterocycles. The number of aromatic nitrogens is 1. The van der Waals surface area contributed by atoms with Gasteiger partial charge in [0, 0.05) is 30.6 Å². The van der Waals surface area contributed by atoms with Gasteiger partial charge in [0.25, 0.3) is 0 Å². The van der Waals surface area contributed by atoms with E-state index in [-0.39, 0.29) is 6.04 Å². The summed E-state index contributed by atoms with van der Waals surface area (Å²) in [4.78, 5) is 4.66. The first-order chi connectivity index (χ1) is 10.1. The Morgan fingerprint density at radius 2 is 2.10 bits per heavy atom. The molecule has 1 fully saturated rings. The van der Waals surface area contributed by atoms with E-state index in [1.165, 1.54) is 0 Å². The average molecular weight is 322 g/mol. The maximum atomic E-state index is 12.9. The summed E-state index contributed by atoms with van der Waals surface area (Å²) in [6.45, 7) is 2.35. The Morgan fingerprint density at radius 1 is 1.33 bits per heavy atom. The van der Waals surface area contributed by atoms with Crippen molar-refractivity contribution in [2.24, 2.45) is 0 Å². The third kappa shape index (κ3) is 3.17. The van der Waals surface area contributed by atoms with Crippen molar-refractivity contribution in [3.05, 3.63) is 46.4 Å². The van der Waals surface area contributed by atoms with Crippen molar-refractivity contribution >= 4 is 21.4 Å². The van der Waals surface area contributed by atoms with Crippen LogP contribution in [-0.2, 0) is 16.4 Å². The van der Waals surface area contributed by atoms with Crippen LogP contribution in [0.5, 0.6) is 0 Å². The molecule has 3 rings (SSSR count). The van der Waals surface area contributed by atoms with E-state index in [9.17, 15) is 8.42 Å². The van der Waals surface area contributed by atoms with E-state index in [1.54, 1.807) is 34.0 Å². The summed E-state index contributed by atoms with van der Waals surface area (Å²) in [6.07, 6.45) is 4.36. The fourth-order valence-electron chi connectivity index (χ4n) is 2.42. The van der Waals surface area contributed by atoms with E-state index in [0.29, 0.717) is 17.9 Å². The van der Waals surface area contributed by atoms with Crippen molar-refractivity contribution in [3.8, 4) is 0 Å². The molecule has 0 radical (unpaired) electrons. The molecule has 0 bridgehead atoms. The predicted octanol–water partition coefficient (Wildman–Crippen LogP) is 2.85. The third-order valence-electron chi connectivity index (χ3n) is 3.66. The lowest BCUT2D eigenvalue weighted by atomic mass is 10.2. The van der Waals surface area contributed by atoms with E-state index >= 15 is 0 Å². The van der Waals surface area contributed by atoms with E-state index < -0.39 is 10.0 Å². The molecule has 0 saturated heterocycles. The number of sulfonamides is 1. The molecule has 1 aromatic carbocycles. The second kappa shape index (κ2) is 5.87. The lowest BCUT2D eigenvalue weighted by molar-refractivity contribution is 0.406. The molecule has 0 unspecified atom stereocenters. The number of benzene rings is 1. The van der Waals surface area contributed by atoms with Gasteiger partial charge in [-0.05, 0) is 31.4 Å². The fourth-order valence-corrected chi connectivity index (χ4v) is 4.94. The maximum absolute atomic E-state index is 12.9. The lowest BCUT2D eigenvalue weighted by Gasteiger charge is -2.22. The second-order valence-corrected chi connectivity index (χ2v) is 8.13. The minimum atomic E-state index is -3.41. The van der Waals surface area contributed by atoms with Crippen LogP contribution in [0.4, 0.5) is 0 Å². The monoisotopic (exact) mass is 322 g/mol. The van der Waals surface area contributed by atoms with Crippen LogP contribution in [0.15, 0.2) is 40.7 Å². The zero-order valence-corrected chi connectivity index (χ0v) is 13.5. The molecule has 1 aliphatic rings. The van der Waals surface area contributed by atoms with E-state index in [0.717, 1.165) is 23.4 Å². The average Bonchev–Trinajstić information content (AvgIpc) is 3.14. The Balaban J connectivity index is 1.84. The van der Waals surface area contributed by atoms with Crippen LogP contribution in [0.1, 0.15) is 23.4 Å². The van der Waals surface area contributed by atoms with E-state index in [2.05, 4.69) is 4.98 Å². The molecule has 0 amide bonds. The molecule has 21 heavy (non-hydrogen) atoms. The zero-order chi connectivity index (χ0) is 14.9. The van der Waals surface area contributed by atoms with Crippen molar-refractivity contribution in [2.75, 3.05) is 6.54 Å². The summed E-state index contributed by atoms with van der Waals surface area (Å²) in [5, 5.41) is 2.91. The maximum Gasteiger partial charge on any atom is 0.243 e. The Bertz CT molecular complexity index is 707. The molecule has 112 valence electrons. The quantitative estimate of drug-likeness (QED) is 0.822. The molecule has 1 heterocycles. The summed E-state index contributed by atoms with van der Waals surface area (Å²) in [6, 6.07) is 7.36. The largest absolute Gasteiger partial charge is 0.250 e. The van der Waals surface area contributed by atoms with Crippen molar-refractivity contribution < 1.29 is 8.42 Å². The Labute approximate surface area is 129 Å². The molecule has 6 heteroatoms. The highest BCUT2D eigenvalue weighted by Gasteiger charge is 2.38. The van der Waals surface area contributed by atoms with Gasteiger partial charge in [-0.2, -0.15) is 4.31 Å². The molecule has 1 aliphatic carbocycles. The van der Waals surface area contributed by atoms with Gasteiger partial charge in [-0.1, -0.05) is 18.2 Å².